The zero-order valence-corrected chi connectivity index (χ0v) is 11.3. The predicted molar refractivity (Wildman–Crippen MR) is 70.9 cm³/mol. The number of carboxylic acids is 1. The molecule has 0 saturated heterocycles. The molecule has 0 amide bonds. The molecule has 1 fully saturated rings. The lowest BCUT2D eigenvalue weighted by Gasteiger charge is -2.12. The lowest BCUT2D eigenvalue weighted by molar-refractivity contribution is -0.154. The maximum Gasteiger partial charge on any atom is 0.309 e. The number of hydrogen-bond acceptors (Lipinski definition) is 4. The molecule has 0 heterocycles. The first-order valence-electron chi connectivity index (χ1n) is 6.58. The molecule has 0 aliphatic heterocycles. The maximum absolute atomic E-state index is 11.6. The van der Waals surface area contributed by atoms with Gasteiger partial charge in [-0.15, -0.1) is 0 Å². The van der Waals surface area contributed by atoms with Gasteiger partial charge in [-0.25, -0.2) is 0 Å². The Kier molecular flexibility index (Phi) is 4.74. The largest absolute Gasteiger partial charge is 0.481 e. The van der Waals surface area contributed by atoms with Gasteiger partial charge in [0.15, 0.2) is 0 Å². The Bertz CT molecular complexity index is 470. The van der Waals surface area contributed by atoms with Crippen molar-refractivity contribution < 1.29 is 24.2 Å². The van der Waals surface area contributed by atoms with Crippen LogP contribution < -0.4 is 0 Å². The molecule has 3 atom stereocenters. The van der Waals surface area contributed by atoms with Crippen LogP contribution in [-0.4, -0.2) is 30.3 Å². The van der Waals surface area contributed by atoms with Gasteiger partial charge in [-0.3, -0.25) is 9.59 Å². The second-order valence-corrected chi connectivity index (χ2v) is 4.96. The highest BCUT2D eigenvalue weighted by Gasteiger charge is 2.44. The van der Waals surface area contributed by atoms with Gasteiger partial charge in [-0.05, 0) is 18.4 Å². The van der Waals surface area contributed by atoms with Gasteiger partial charge in [-0.1, -0.05) is 30.3 Å². The van der Waals surface area contributed by atoms with Gasteiger partial charge in [0, 0.05) is 0 Å². The molecule has 3 unspecified atom stereocenters. The second kappa shape index (κ2) is 6.52. The Labute approximate surface area is 117 Å². The standard InChI is InChI=1S/C15H18O5/c1-19-15(18)13-8-11(7-12(13)14(16)17)20-9-10-5-3-2-4-6-10/h2-6,11-13H,7-9H2,1H3,(H,16,17). The summed E-state index contributed by atoms with van der Waals surface area (Å²) < 4.78 is 10.4. The van der Waals surface area contributed by atoms with Crippen molar-refractivity contribution in [1.82, 2.24) is 0 Å². The first-order chi connectivity index (χ1) is 9.61. The van der Waals surface area contributed by atoms with Crippen LogP contribution in [0.4, 0.5) is 0 Å². The van der Waals surface area contributed by atoms with Crippen molar-refractivity contribution in [2.75, 3.05) is 7.11 Å². The van der Waals surface area contributed by atoms with Gasteiger partial charge in [0.1, 0.15) is 0 Å². The zero-order valence-electron chi connectivity index (χ0n) is 11.3. The highest BCUT2D eigenvalue weighted by Crippen LogP contribution is 2.35. The lowest BCUT2D eigenvalue weighted by atomic mass is 9.97. The van der Waals surface area contributed by atoms with Gasteiger partial charge in [-0.2, -0.15) is 0 Å². The Balaban J connectivity index is 1.94. The van der Waals surface area contributed by atoms with E-state index >= 15 is 0 Å². The summed E-state index contributed by atoms with van der Waals surface area (Å²) in [4.78, 5) is 22.8. The third-order valence-electron chi connectivity index (χ3n) is 3.67. The molecule has 0 aromatic heterocycles. The van der Waals surface area contributed by atoms with E-state index in [4.69, 9.17) is 9.84 Å². The minimum absolute atomic E-state index is 0.222. The van der Waals surface area contributed by atoms with Crippen molar-refractivity contribution in [3.63, 3.8) is 0 Å². The number of aliphatic carboxylic acids is 1. The highest BCUT2D eigenvalue weighted by atomic mass is 16.5. The number of ether oxygens (including phenoxy) is 2. The number of carbonyl (C=O) groups is 2. The first kappa shape index (κ1) is 14.5. The Morgan fingerprint density at radius 3 is 2.45 bits per heavy atom. The van der Waals surface area contributed by atoms with Crippen LogP contribution in [0.2, 0.25) is 0 Å². The molecule has 5 heteroatoms. The van der Waals surface area contributed by atoms with Gasteiger partial charge in [0.2, 0.25) is 0 Å². The van der Waals surface area contributed by atoms with Crippen LogP contribution in [0.3, 0.4) is 0 Å². The summed E-state index contributed by atoms with van der Waals surface area (Å²) in [7, 11) is 1.28. The molecular formula is C15H18O5. The summed E-state index contributed by atoms with van der Waals surface area (Å²) in [5, 5.41) is 9.17. The zero-order chi connectivity index (χ0) is 14.5. The second-order valence-electron chi connectivity index (χ2n) is 4.96. The number of carbonyl (C=O) groups excluding carboxylic acids is 1. The molecule has 20 heavy (non-hydrogen) atoms. The van der Waals surface area contributed by atoms with E-state index in [-0.39, 0.29) is 6.10 Å². The summed E-state index contributed by atoms with van der Waals surface area (Å²) in [6.45, 7) is 0.422. The predicted octanol–water partition coefficient (Wildman–Crippen LogP) is 1.86. The number of esters is 1. The van der Waals surface area contributed by atoms with E-state index in [1.54, 1.807) is 0 Å². The molecule has 1 N–H and O–H groups in total. The molecule has 0 spiro atoms. The van der Waals surface area contributed by atoms with E-state index in [1.807, 2.05) is 30.3 Å². The van der Waals surface area contributed by atoms with Crippen LogP contribution in [0.5, 0.6) is 0 Å². The van der Waals surface area contributed by atoms with Crippen molar-refractivity contribution in [3.8, 4) is 0 Å². The summed E-state index contributed by atoms with van der Waals surface area (Å²) in [5.74, 6) is -2.77. The van der Waals surface area contributed by atoms with E-state index in [0.717, 1.165) is 5.56 Å². The Morgan fingerprint density at radius 1 is 1.20 bits per heavy atom. The van der Waals surface area contributed by atoms with Crippen LogP contribution in [0.25, 0.3) is 0 Å². The van der Waals surface area contributed by atoms with Crippen LogP contribution in [0.15, 0.2) is 30.3 Å². The molecule has 0 bridgehead atoms. The number of hydrogen-bond donors (Lipinski definition) is 1. The quantitative estimate of drug-likeness (QED) is 0.832. The average Bonchev–Trinajstić information content (AvgIpc) is 2.90. The molecule has 1 aliphatic carbocycles. The topological polar surface area (TPSA) is 72.8 Å². The number of methoxy groups -OCH3 is 1. The van der Waals surface area contributed by atoms with Gasteiger partial charge in [0.05, 0.1) is 31.7 Å². The fourth-order valence-corrected chi connectivity index (χ4v) is 2.60. The van der Waals surface area contributed by atoms with Crippen molar-refractivity contribution in [3.05, 3.63) is 35.9 Å². The number of rotatable bonds is 5. The molecule has 1 saturated carbocycles. The third kappa shape index (κ3) is 3.36. The summed E-state index contributed by atoms with van der Waals surface area (Å²) in [6, 6.07) is 9.66. The van der Waals surface area contributed by atoms with Crippen LogP contribution in [0.1, 0.15) is 18.4 Å². The summed E-state index contributed by atoms with van der Waals surface area (Å²) in [6.07, 6.45) is 0.527. The minimum atomic E-state index is -0.966. The van der Waals surface area contributed by atoms with Crippen molar-refractivity contribution >= 4 is 11.9 Å². The fraction of sp³-hybridized carbons (Fsp3) is 0.467. The molecule has 108 valence electrons. The molecule has 1 aromatic rings. The van der Waals surface area contributed by atoms with Gasteiger partial charge in [0.25, 0.3) is 0 Å². The highest BCUT2D eigenvalue weighted by molar-refractivity contribution is 5.81. The molecule has 1 aromatic carbocycles. The van der Waals surface area contributed by atoms with Crippen molar-refractivity contribution in [2.45, 2.75) is 25.6 Å². The lowest BCUT2D eigenvalue weighted by Crippen LogP contribution is -2.26. The molecule has 5 nitrogen and oxygen atoms in total. The fourth-order valence-electron chi connectivity index (χ4n) is 2.60. The molecule has 1 aliphatic rings. The van der Waals surface area contributed by atoms with E-state index in [9.17, 15) is 9.59 Å². The Hall–Kier alpha value is -1.88. The van der Waals surface area contributed by atoms with Crippen LogP contribution in [0, 0.1) is 11.8 Å². The summed E-state index contributed by atoms with van der Waals surface area (Å²) >= 11 is 0. The normalized spacial score (nSPS) is 25.4. The SMILES string of the molecule is COC(=O)C1CC(OCc2ccccc2)CC1C(=O)O. The smallest absolute Gasteiger partial charge is 0.309 e. The van der Waals surface area contributed by atoms with Gasteiger partial charge >= 0.3 is 11.9 Å². The molecule has 0 radical (unpaired) electrons. The first-order valence-corrected chi connectivity index (χ1v) is 6.58. The summed E-state index contributed by atoms with van der Waals surface area (Å²) in [5.41, 5.74) is 1.03. The number of carboxylic acid groups (broad SMARTS) is 1. The van der Waals surface area contributed by atoms with E-state index in [1.165, 1.54) is 7.11 Å². The third-order valence-corrected chi connectivity index (χ3v) is 3.67. The van der Waals surface area contributed by atoms with Crippen LogP contribution >= 0.6 is 0 Å². The van der Waals surface area contributed by atoms with Gasteiger partial charge < -0.3 is 14.6 Å². The minimum Gasteiger partial charge on any atom is -0.481 e. The van der Waals surface area contributed by atoms with Crippen molar-refractivity contribution in [1.29, 1.82) is 0 Å². The average molecular weight is 278 g/mol. The molecule has 2 rings (SSSR count). The number of benzene rings is 1. The van der Waals surface area contributed by atoms with Crippen LogP contribution in [-0.2, 0) is 25.7 Å². The molecular weight excluding hydrogens is 260 g/mol. The van der Waals surface area contributed by atoms with Crippen molar-refractivity contribution in [2.24, 2.45) is 11.8 Å². The van der Waals surface area contributed by atoms with E-state index < -0.39 is 23.8 Å². The Morgan fingerprint density at radius 2 is 1.85 bits per heavy atom. The van der Waals surface area contributed by atoms with E-state index in [0.29, 0.717) is 19.4 Å². The maximum atomic E-state index is 11.6. The van der Waals surface area contributed by atoms with E-state index in [2.05, 4.69) is 4.74 Å². The monoisotopic (exact) mass is 278 g/mol.